The Labute approximate surface area is 159 Å². The molecule has 134 valence electrons. The molecule has 0 aliphatic rings. The number of fused-ring (bicyclic) bond motifs is 1. The topological polar surface area (TPSA) is 44.9 Å². The van der Waals surface area contributed by atoms with Crippen LogP contribution in [-0.4, -0.2) is 10.9 Å². The average molecular weight is 354 g/mol. The zero-order chi connectivity index (χ0) is 18.5. The molecule has 1 amide bonds. The van der Waals surface area contributed by atoms with E-state index in [4.69, 9.17) is 0 Å². The maximum atomic E-state index is 12.7. The van der Waals surface area contributed by atoms with Gasteiger partial charge in [-0.3, -0.25) is 4.79 Å². The number of hydrogen-bond acceptors (Lipinski definition) is 1. The fraction of sp³-hybridized carbons (Fsp3) is 0.125. The van der Waals surface area contributed by atoms with Gasteiger partial charge in [-0.25, -0.2) is 0 Å². The van der Waals surface area contributed by atoms with Crippen LogP contribution in [0.4, 0.5) is 0 Å². The van der Waals surface area contributed by atoms with Crippen molar-refractivity contribution in [1.82, 2.24) is 10.3 Å². The number of carbonyl (C=O) groups is 1. The summed E-state index contributed by atoms with van der Waals surface area (Å²) in [6, 6.07) is 28.3. The molecule has 4 aromatic rings. The second-order valence-corrected chi connectivity index (χ2v) is 6.68. The quantitative estimate of drug-likeness (QED) is 0.502. The van der Waals surface area contributed by atoms with Gasteiger partial charge in [0.15, 0.2) is 0 Å². The van der Waals surface area contributed by atoms with Crippen LogP contribution >= 0.6 is 0 Å². The largest absolute Gasteiger partial charge is 0.361 e. The van der Waals surface area contributed by atoms with E-state index in [-0.39, 0.29) is 11.9 Å². The van der Waals surface area contributed by atoms with Crippen LogP contribution in [0.3, 0.4) is 0 Å². The predicted molar refractivity (Wildman–Crippen MR) is 109 cm³/mol. The highest BCUT2D eigenvalue weighted by atomic mass is 16.1. The van der Waals surface area contributed by atoms with Gasteiger partial charge in [-0.15, -0.1) is 0 Å². The Balaban J connectivity index is 1.49. The normalized spacial score (nSPS) is 11.0. The number of aryl methyl sites for hydroxylation is 1. The molecule has 3 aromatic carbocycles. The van der Waals surface area contributed by atoms with E-state index in [1.165, 1.54) is 10.9 Å². The van der Waals surface area contributed by atoms with Crippen molar-refractivity contribution in [1.29, 1.82) is 0 Å². The molecule has 0 radical (unpaired) electrons. The first-order valence-electron chi connectivity index (χ1n) is 9.25. The molecule has 0 saturated carbocycles. The second kappa shape index (κ2) is 7.92. The minimum atomic E-state index is -0.136. The van der Waals surface area contributed by atoms with Gasteiger partial charge in [-0.2, -0.15) is 0 Å². The van der Waals surface area contributed by atoms with Crippen molar-refractivity contribution in [3.63, 3.8) is 0 Å². The maximum absolute atomic E-state index is 12.7. The van der Waals surface area contributed by atoms with E-state index >= 15 is 0 Å². The van der Waals surface area contributed by atoms with Crippen LogP contribution in [0.5, 0.6) is 0 Å². The zero-order valence-electron chi connectivity index (χ0n) is 15.1. The number of aromatic amines is 1. The lowest BCUT2D eigenvalue weighted by Gasteiger charge is -2.20. The number of nitrogens with one attached hydrogen (secondary N) is 2. The van der Waals surface area contributed by atoms with Crippen LogP contribution in [0.15, 0.2) is 91.1 Å². The molecule has 0 saturated heterocycles. The summed E-state index contributed by atoms with van der Waals surface area (Å²) in [4.78, 5) is 16.0. The van der Waals surface area contributed by atoms with Crippen LogP contribution in [0.25, 0.3) is 10.9 Å². The van der Waals surface area contributed by atoms with Gasteiger partial charge in [0.1, 0.15) is 0 Å². The minimum Gasteiger partial charge on any atom is -0.361 e. The van der Waals surface area contributed by atoms with Gasteiger partial charge >= 0.3 is 0 Å². The van der Waals surface area contributed by atoms with Crippen LogP contribution < -0.4 is 5.32 Å². The summed E-state index contributed by atoms with van der Waals surface area (Å²) < 4.78 is 0. The van der Waals surface area contributed by atoms with Crippen molar-refractivity contribution in [2.24, 2.45) is 0 Å². The van der Waals surface area contributed by atoms with Crippen LogP contribution in [0.2, 0.25) is 0 Å². The zero-order valence-corrected chi connectivity index (χ0v) is 15.1. The standard InChI is InChI=1S/C24H22N2O/c27-23(16-15-20-17-25-22-14-8-7-13-21(20)22)26-24(18-9-3-1-4-10-18)19-11-5-2-6-12-19/h1-14,17,24-25H,15-16H2,(H,26,27). The molecule has 27 heavy (non-hydrogen) atoms. The highest BCUT2D eigenvalue weighted by Gasteiger charge is 2.16. The maximum Gasteiger partial charge on any atom is 0.221 e. The fourth-order valence-corrected chi connectivity index (χ4v) is 3.47. The monoisotopic (exact) mass is 354 g/mol. The molecule has 0 unspecified atom stereocenters. The summed E-state index contributed by atoms with van der Waals surface area (Å²) in [5.41, 5.74) is 4.46. The molecule has 0 aliphatic heterocycles. The summed E-state index contributed by atoms with van der Waals surface area (Å²) in [6.45, 7) is 0. The molecule has 4 rings (SSSR count). The van der Waals surface area contributed by atoms with Crippen LogP contribution in [0.1, 0.15) is 29.2 Å². The number of amides is 1. The molecule has 0 bridgehead atoms. The number of para-hydroxylation sites is 1. The van der Waals surface area contributed by atoms with E-state index in [1.54, 1.807) is 0 Å². The Hall–Kier alpha value is -3.33. The fourth-order valence-electron chi connectivity index (χ4n) is 3.47. The summed E-state index contributed by atoms with van der Waals surface area (Å²) in [5, 5.41) is 4.40. The Morgan fingerprint density at radius 1 is 0.815 bits per heavy atom. The Morgan fingerprint density at radius 2 is 1.41 bits per heavy atom. The van der Waals surface area contributed by atoms with Crippen molar-refractivity contribution in [3.8, 4) is 0 Å². The van der Waals surface area contributed by atoms with Crippen molar-refractivity contribution >= 4 is 16.8 Å². The van der Waals surface area contributed by atoms with Gasteiger partial charge in [0, 0.05) is 23.5 Å². The van der Waals surface area contributed by atoms with Crippen molar-refractivity contribution in [3.05, 3.63) is 108 Å². The Morgan fingerprint density at radius 3 is 2.07 bits per heavy atom. The van der Waals surface area contributed by atoms with Crippen LogP contribution in [0, 0.1) is 0 Å². The summed E-state index contributed by atoms with van der Waals surface area (Å²) >= 11 is 0. The highest BCUT2D eigenvalue weighted by Crippen LogP contribution is 2.23. The molecule has 0 fully saturated rings. The Bertz CT molecular complexity index is 982. The predicted octanol–water partition coefficient (Wildman–Crippen LogP) is 5.01. The molecule has 0 aliphatic carbocycles. The van der Waals surface area contributed by atoms with E-state index < -0.39 is 0 Å². The van der Waals surface area contributed by atoms with E-state index in [2.05, 4.69) is 46.7 Å². The SMILES string of the molecule is O=C(CCc1c[nH]c2ccccc12)NC(c1ccccc1)c1ccccc1. The van der Waals surface area contributed by atoms with Crippen LogP contribution in [-0.2, 0) is 11.2 Å². The van der Waals surface area contributed by atoms with Gasteiger partial charge in [0.2, 0.25) is 5.91 Å². The average Bonchev–Trinajstić information content (AvgIpc) is 3.15. The lowest BCUT2D eigenvalue weighted by Crippen LogP contribution is -2.29. The highest BCUT2D eigenvalue weighted by molar-refractivity contribution is 5.84. The van der Waals surface area contributed by atoms with E-state index in [9.17, 15) is 4.79 Å². The molecule has 3 nitrogen and oxygen atoms in total. The third-order valence-electron chi connectivity index (χ3n) is 4.87. The molecular weight excluding hydrogens is 332 g/mol. The van der Waals surface area contributed by atoms with Gasteiger partial charge in [-0.1, -0.05) is 78.9 Å². The molecule has 1 aromatic heterocycles. The second-order valence-electron chi connectivity index (χ2n) is 6.68. The van der Waals surface area contributed by atoms with Crippen molar-refractivity contribution in [2.45, 2.75) is 18.9 Å². The molecule has 1 heterocycles. The Kier molecular flexibility index (Phi) is 5.01. The third-order valence-corrected chi connectivity index (χ3v) is 4.87. The van der Waals surface area contributed by atoms with E-state index in [1.807, 2.05) is 54.7 Å². The minimum absolute atomic E-state index is 0.0537. The number of carbonyl (C=O) groups excluding carboxylic acids is 1. The van der Waals surface area contributed by atoms with Gasteiger partial charge in [0.25, 0.3) is 0 Å². The molecule has 0 atom stereocenters. The van der Waals surface area contributed by atoms with E-state index in [0.717, 1.165) is 16.6 Å². The molecule has 0 spiro atoms. The summed E-state index contributed by atoms with van der Waals surface area (Å²) in [5.74, 6) is 0.0537. The van der Waals surface area contributed by atoms with Gasteiger partial charge < -0.3 is 10.3 Å². The first-order valence-corrected chi connectivity index (χ1v) is 9.25. The number of benzene rings is 3. The number of rotatable bonds is 6. The first kappa shape index (κ1) is 17.1. The molecule has 2 N–H and O–H groups in total. The smallest absolute Gasteiger partial charge is 0.221 e. The van der Waals surface area contributed by atoms with Gasteiger partial charge in [-0.05, 0) is 29.2 Å². The molecular formula is C24H22N2O. The lowest BCUT2D eigenvalue weighted by molar-refractivity contribution is -0.121. The first-order chi connectivity index (χ1) is 13.3. The number of aromatic nitrogens is 1. The molecule has 3 heteroatoms. The third kappa shape index (κ3) is 3.93. The summed E-state index contributed by atoms with van der Waals surface area (Å²) in [6.07, 6.45) is 3.17. The number of hydrogen-bond donors (Lipinski definition) is 2. The van der Waals surface area contributed by atoms with Crippen molar-refractivity contribution < 1.29 is 4.79 Å². The number of H-pyrrole nitrogens is 1. The summed E-state index contributed by atoms with van der Waals surface area (Å²) in [7, 11) is 0. The van der Waals surface area contributed by atoms with Gasteiger partial charge in [0.05, 0.1) is 6.04 Å². The lowest BCUT2D eigenvalue weighted by atomic mass is 9.98. The van der Waals surface area contributed by atoms with E-state index in [0.29, 0.717) is 12.8 Å². The van der Waals surface area contributed by atoms with Crippen molar-refractivity contribution in [2.75, 3.05) is 0 Å².